The number of hydrogen-bond acceptors (Lipinski definition) is 8. The Morgan fingerprint density at radius 3 is 2.93 bits per heavy atom. The fourth-order valence-corrected chi connectivity index (χ4v) is 0.858. The number of nitrogens with two attached hydrogens (primary N) is 1. The Labute approximate surface area is 81.6 Å². The number of nitrogen functional groups attached to an aromatic ring is 1. The highest BCUT2D eigenvalue weighted by Gasteiger charge is 2.15. The third-order valence-electron chi connectivity index (χ3n) is 1.46. The van der Waals surface area contributed by atoms with Crippen molar-refractivity contribution in [2.45, 2.75) is 6.54 Å². The van der Waals surface area contributed by atoms with Gasteiger partial charge in [-0.1, -0.05) is 10.3 Å². The standard InChI is InChI=1S/C5H4N8O2/c6-4-3(10-15-11-4)5-9-2(14-12-5)1-8-13-7/h1H2,(H2,6,11). The zero-order chi connectivity index (χ0) is 10.7. The van der Waals surface area contributed by atoms with Crippen LogP contribution >= 0.6 is 0 Å². The Morgan fingerprint density at radius 1 is 1.40 bits per heavy atom. The molecule has 0 aliphatic rings. The molecule has 76 valence electrons. The third kappa shape index (κ3) is 1.69. The van der Waals surface area contributed by atoms with Crippen molar-refractivity contribution in [3.05, 3.63) is 16.3 Å². The van der Waals surface area contributed by atoms with Gasteiger partial charge in [-0.2, -0.15) is 4.98 Å². The Hall–Kier alpha value is -2.61. The van der Waals surface area contributed by atoms with Gasteiger partial charge in [0.05, 0.1) is 0 Å². The van der Waals surface area contributed by atoms with E-state index < -0.39 is 0 Å². The summed E-state index contributed by atoms with van der Waals surface area (Å²) in [5.74, 6) is 0.355. The van der Waals surface area contributed by atoms with Gasteiger partial charge in [-0.15, -0.1) is 0 Å². The van der Waals surface area contributed by atoms with Crippen LogP contribution in [0, 0.1) is 0 Å². The third-order valence-corrected chi connectivity index (χ3v) is 1.46. The molecule has 2 aromatic rings. The molecule has 0 unspecified atom stereocenters. The van der Waals surface area contributed by atoms with Gasteiger partial charge in [-0.05, 0) is 15.8 Å². The molecule has 15 heavy (non-hydrogen) atoms. The van der Waals surface area contributed by atoms with Gasteiger partial charge in [0.2, 0.25) is 11.7 Å². The normalized spacial score (nSPS) is 9.87. The monoisotopic (exact) mass is 208 g/mol. The highest BCUT2D eigenvalue weighted by molar-refractivity contribution is 5.61. The van der Waals surface area contributed by atoms with Crippen LogP contribution in [0.4, 0.5) is 5.82 Å². The van der Waals surface area contributed by atoms with Gasteiger partial charge >= 0.3 is 0 Å². The molecular formula is C5H4N8O2. The van der Waals surface area contributed by atoms with Gasteiger partial charge in [0, 0.05) is 4.91 Å². The molecule has 0 spiro atoms. The molecule has 2 heterocycles. The molecule has 0 aromatic carbocycles. The zero-order valence-electron chi connectivity index (χ0n) is 7.23. The molecule has 2 N–H and O–H groups in total. The molecule has 0 saturated carbocycles. The molecule has 0 bridgehead atoms. The molecule has 0 saturated heterocycles. The number of aromatic nitrogens is 4. The predicted octanol–water partition coefficient (Wildman–Crippen LogP) is 0.512. The lowest BCUT2D eigenvalue weighted by molar-refractivity contribution is 0.310. The van der Waals surface area contributed by atoms with E-state index in [4.69, 9.17) is 15.8 Å². The summed E-state index contributed by atoms with van der Waals surface area (Å²) in [5, 5.41) is 13.6. The first kappa shape index (κ1) is 8.97. The molecule has 0 amide bonds. The maximum Gasteiger partial charge on any atom is 0.232 e. The van der Waals surface area contributed by atoms with E-state index in [0.717, 1.165) is 0 Å². The lowest BCUT2D eigenvalue weighted by Crippen LogP contribution is -1.90. The molecule has 10 nitrogen and oxygen atoms in total. The number of anilines is 1. The van der Waals surface area contributed by atoms with Crippen molar-refractivity contribution in [1.29, 1.82) is 0 Å². The van der Waals surface area contributed by atoms with Gasteiger partial charge in [-0.25, -0.2) is 4.63 Å². The quantitative estimate of drug-likeness (QED) is 0.437. The molecule has 10 heteroatoms. The van der Waals surface area contributed by atoms with E-state index in [1.165, 1.54) is 0 Å². The maximum atomic E-state index is 8.07. The van der Waals surface area contributed by atoms with E-state index in [1.54, 1.807) is 0 Å². The van der Waals surface area contributed by atoms with Crippen molar-refractivity contribution in [2.75, 3.05) is 5.73 Å². The van der Waals surface area contributed by atoms with Crippen molar-refractivity contribution in [1.82, 2.24) is 20.5 Å². The minimum atomic E-state index is -0.0331. The summed E-state index contributed by atoms with van der Waals surface area (Å²) in [6, 6.07) is 0. The Morgan fingerprint density at radius 2 is 2.27 bits per heavy atom. The summed E-state index contributed by atoms with van der Waals surface area (Å²) in [6.07, 6.45) is 0. The number of azide groups is 1. The maximum absolute atomic E-state index is 8.07. The zero-order valence-corrected chi connectivity index (χ0v) is 7.23. The second kappa shape index (κ2) is 3.64. The predicted molar refractivity (Wildman–Crippen MR) is 44.9 cm³/mol. The Balaban J connectivity index is 2.27. The van der Waals surface area contributed by atoms with Crippen LogP contribution in [-0.4, -0.2) is 20.5 Å². The van der Waals surface area contributed by atoms with Crippen molar-refractivity contribution in [3.8, 4) is 11.5 Å². The summed E-state index contributed by atoms with van der Waals surface area (Å²) in [5.41, 5.74) is 13.7. The van der Waals surface area contributed by atoms with Crippen LogP contribution in [0.5, 0.6) is 0 Å². The Bertz CT molecular complexity index is 509. The van der Waals surface area contributed by atoms with Crippen LogP contribution in [0.2, 0.25) is 0 Å². The molecule has 2 aromatic heterocycles. The molecule has 0 fully saturated rings. The second-order valence-electron chi connectivity index (χ2n) is 2.40. The molecule has 0 radical (unpaired) electrons. The van der Waals surface area contributed by atoms with Gasteiger partial charge in [0.15, 0.2) is 11.5 Å². The minimum Gasteiger partial charge on any atom is -0.379 e. The van der Waals surface area contributed by atoms with Crippen LogP contribution in [-0.2, 0) is 6.54 Å². The average Bonchev–Trinajstić information content (AvgIpc) is 2.83. The summed E-state index contributed by atoms with van der Waals surface area (Å²) in [6.45, 7) is -0.0331. The summed E-state index contributed by atoms with van der Waals surface area (Å²) >= 11 is 0. The highest BCUT2D eigenvalue weighted by atomic mass is 16.6. The first-order chi connectivity index (χ1) is 7.31. The smallest absolute Gasteiger partial charge is 0.232 e. The number of rotatable bonds is 3. The fraction of sp³-hybridized carbons (Fsp3) is 0.200. The van der Waals surface area contributed by atoms with Gasteiger partial charge in [0.1, 0.15) is 6.54 Å². The minimum absolute atomic E-state index is 0.0331. The molecular weight excluding hydrogens is 204 g/mol. The lowest BCUT2D eigenvalue weighted by atomic mass is 10.4. The molecule has 2 rings (SSSR count). The highest BCUT2D eigenvalue weighted by Crippen LogP contribution is 2.18. The first-order valence-electron chi connectivity index (χ1n) is 3.73. The fourth-order valence-electron chi connectivity index (χ4n) is 0.858. The summed E-state index contributed by atoms with van der Waals surface area (Å²) in [7, 11) is 0. The SMILES string of the molecule is [N-]=[N+]=NCc1nc(-c2nonc2N)no1. The number of nitrogens with zero attached hydrogens (tertiary/aromatic N) is 7. The van der Waals surface area contributed by atoms with Crippen molar-refractivity contribution >= 4 is 5.82 Å². The van der Waals surface area contributed by atoms with Crippen LogP contribution in [0.1, 0.15) is 5.89 Å². The van der Waals surface area contributed by atoms with Gasteiger partial charge in [0.25, 0.3) is 0 Å². The van der Waals surface area contributed by atoms with Crippen LogP contribution in [0.3, 0.4) is 0 Å². The van der Waals surface area contributed by atoms with Crippen molar-refractivity contribution in [3.63, 3.8) is 0 Å². The van der Waals surface area contributed by atoms with Crippen LogP contribution in [0.25, 0.3) is 22.0 Å². The van der Waals surface area contributed by atoms with E-state index in [2.05, 4.69) is 35.1 Å². The summed E-state index contributed by atoms with van der Waals surface area (Å²) in [4.78, 5) is 6.41. The molecule has 0 atom stereocenters. The van der Waals surface area contributed by atoms with E-state index in [1.807, 2.05) is 0 Å². The topological polar surface area (TPSA) is 153 Å². The van der Waals surface area contributed by atoms with Gasteiger partial charge in [-0.3, -0.25) is 0 Å². The van der Waals surface area contributed by atoms with E-state index >= 15 is 0 Å². The second-order valence-corrected chi connectivity index (χ2v) is 2.40. The van der Waals surface area contributed by atoms with E-state index in [9.17, 15) is 0 Å². The van der Waals surface area contributed by atoms with Crippen LogP contribution < -0.4 is 5.73 Å². The average molecular weight is 208 g/mol. The summed E-state index contributed by atoms with van der Waals surface area (Å²) < 4.78 is 9.12. The first-order valence-corrected chi connectivity index (χ1v) is 3.73. The Kier molecular flexibility index (Phi) is 2.17. The molecule has 0 aliphatic carbocycles. The largest absolute Gasteiger partial charge is 0.379 e. The van der Waals surface area contributed by atoms with Crippen molar-refractivity contribution in [2.24, 2.45) is 5.11 Å². The van der Waals surface area contributed by atoms with E-state index in [-0.39, 0.29) is 29.8 Å². The van der Waals surface area contributed by atoms with Crippen LogP contribution in [0.15, 0.2) is 14.3 Å². The van der Waals surface area contributed by atoms with Crippen molar-refractivity contribution < 1.29 is 9.15 Å². The lowest BCUT2D eigenvalue weighted by Gasteiger charge is -1.82. The number of hydrogen-bond donors (Lipinski definition) is 1. The molecule has 0 aliphatic heterocycles. The van der Waals surface area contributed by atoms with Gasteiger partial charge < -0.3 is 10.3 Å². The van der Waals surface area contributed by atoms with E-state index in [0.29, 0.717) is 0 Å².